The molecule has 7 heteroatoms. The fourth-order valence-corrected chi connectivity index (χ4v) is 2.30. The maximum absolute atomic E-state index is 13.3. The zero-order valence-electron chi connectivity index (χ0n) is 12.9. The first kappa shape index (κ1) is 17.7. The highest BCUT2D eigenvalue weighted by molar-refractivity contribution is 5.81. The Morgan fingerprint density at radius 3 is 2.43 bits per heavy atom. The molecule has 0 aromatic carbocycles. The lowest BCUT2D eigenvalue weighted by Gasteiger charge is -2.25. The van der Waals surface area contributed by atoms with Crippen molar-refractivity contribution in [2.24, 2.45) is 5.92 Å². The molecule has 1 aliphatic carbocycles. The SMILES string of the molecule is CCOC(=O)C(NC(=O)OC(C)(C)C)C1CCC(F)(F)C1. The molecule has 1 aliphatic rings. The van der Waals surface area contributed by atoms with Crippen LogP contribution in [0.25, 0.3) is 0 Å². The summed E-state index contributed by atoms with van der Waals surface area (Å²) in [6.45, 7) is 6.77. The molecule has 2 atom stereocenters. The third-order valence-corrected chi connectivity index (χ3v) is 3.13. The predicted molar refractivity (Wildman–Crippen MR) is 72.1 cm³/mol. The van der Waals surface area contributed by atoms with Crippen molar-refractivity contribution in [1.29, 1.82) is 0 Å². The summed E-state index contributed by atoms with van der Waals surface area (Å²) in [7, 11) is 0. The van der Waals surface area contributed by atoms with Crippen LogP contribution in [0.1, 0.15) is 47.0 Å². The minimum Gasteiger partial charge on any atom is -0.464 e. The van der Waals surface area contributed by atoms with Gasteiger partial charge in [-0.2, -0.15) is 0 Å². The first-order chi connectivity index (χ1) is 9.54. The van der Waals surface area contributed by atoms with Gasteiger partial charge in [-0.1, -0.05) is 0 Å². The normalized spacial score (nSPS) is 22.5. The number of rotatable bonds is 4. The molecule has 0 aliphatic heterocycles. The molecule has 0 aromatic heterocycles. The number of hydrogen-bond acceptors (Lipinski definition) is 4. The Kier molecular flexibility index (Phi) is 5.53. The number of alkyl carbamates (subject to hydrolysis) is 1. The summed E-state index contributed by atoms with van der Waals surface area (Å²) in [6.07, 6.45) is -1.38. The first-order valence-electron chi connectivity index (χ1n) is 7.08. The molecule has 1 saturated carbocycles. The molecule has 0 aromatic rings. The third-order valence-electron chi connectivity index (χ3n) is 3.13. The van der Waals surface area contributed by atoms with Gasteiger partial charge < -0.3 is 14.8 Å². The van der Waals surface area contributed by atoms with Crippen LogP contribution in [0.4, 0.5) is 13.6 Å². The molecule has 2 unspecified atom stereocenters. The Morgan fingerprint density at radius 2 is 2.00 bits per heavy atom. The molecular weight excluding hydrogens is 284 g/mol. The summed E-state index contributed by atoms with van der Waals surface area (Å²) < 4.78 is 36.6. The van der Waals surface area contributed by atoms with Crippen molar-refractivity contribution in [3.8, 4) is 0 Å². The average Bonchev–Trinajstić information content (AvgIpc) is 2.64. The number of carbonyl (C=O) groups excluding carboxylic acids is 2. The van der Waals surface area contributed by atoms with Crippen LogP contribution in [0.5, 0.6) is 0 Å². The van der Waals surface area contributed by atoms with Crippen molar-refractivity contribution in [2.45, 2.75) is 64.5 Å². The van der Waals surface area contributed by atoms with E-state index in [4.69, 9.17) is 9.47 Å². The molecule has 0 radical (unpaired) electrons. The van der Waals surface area contributed by atoms with Crippen LogP contribution in [-0.4, -0.2) is 36.2 Å². The molecule has 0 spiro atoms. The van der Waals surface area contributed by atoms with Gasteiger partial charge in [0.25, 0.3) is 0 Å². The van der Waals surface area contributed by atoms with E-state index in [9.17, 15) is 18.4 Å². The second-order valence-corrected chi connectivity index (χ2v) is 6.23. The van der Waals surface area contributed by atoms with Gasteiger partial charge in [-0.15, -0.1) is 0 Å². The summed E-state index contributed by atoms with van der Waals surface area (Å²) in [5, 5.41) is 2.37. The number of esters is 1. The molecule has 0 bridgehead atoms. The molecule has 21 heavy (non-hydrogen) atoms. The van der Waals surface area contributed by atoms with E-state index in [2.05, 4.69) is 5.32 Å². The fourth-order valence-electron chi connectivity index (χ4n) is 2.30. The van der Waals surface area contributed by atoms with Gasteiger partial charge in [-0.25, -0.2) is 18.4 Å². The molecular formula is C14H23F2NO4. The number of nitrogens with one attached hydrogen (secondary N) is 1. The van der Waals surface area contributed by atoms with Gasteiger partial charge in [0.1, 0.15) is 11.6 Å². The van der Waals surface area contributed by atoms with E-state index in [1.54, 1.807) is 27.7 Å². The highest BCUT2D eigenvalue weighted by Crippen LogP contribution is 2.40. The van der Waals surface area contributed by atoms with Gasteiger partial charge in [-0.3, -0.25) is 0 Å². The third kappa shape index (κ3) is 5.85. The van der Waals surface area contributed by atoms with Crippen LogP contribution in [0, 0.1) is 5.92 Å². The van der Waals surface area contributed by atoms with Crippen LogP contribution in [0.2, 0.25) is 0 Å². The van der Waals surface area contributed by atoms with Gasteiger partial charge in [-0.05, 0) is 40.0 Å². The Labute approximate surface area is 123 Å². The number of alkyl halides is 2. The zero-order chi connectivity index (χ0) is 16.3. The summed E-state index contributed by atoms with van der Waals surface area (Å²) in [5.41, 5.74) is -0.733. The van der Waals surface area contributed by atoms with E-state index in [-0.39, 0.29) is 19.4 Å². The minimum absolute atomic E-state index is 0.119. The van der Waals surface area contributed by atoms with E-state index in [0.717, 1.165) is 0 Å². The maximum atomic E-state index is 13.3. The molecule has 0 saturated heterocycles. The molecule has 1 N–H and O–H groups in total. The standard InChI is InChI=1S/C14H23F2NO4/c1-5-20-11(18)10(9-6-7-14(15,16)8-9)17-12(19)21-13(2,3)4/h9-10H,5-8H2,1-4H3,(H,17,19). The van der Waals surface area contributed by atoms with Gasteiger partial charge in [0.05, 0.1) is 6.61 Å². The van der Waals surface area contributed by atoms with E-state index in [0.29, 0.717) is 0 Å². The van der Waals surface area contributed by atoms with Crippen LogP contribution in [0.15, 0.2) is 0 Å². The molecule has 1 rings (SSSR count). The molecule has 1 amide bonds. The fraction of sp³-hybridized carbons (Fsp3) is 0.857. The largest absolute Gasteiger partial charge is 0.464 e. The molecule has 1 fully saturated rings. The van der Waals surface area contributed by atoms with Crippen molar-refractivity contribution in [2.75, 3.05) is 6.61 Å². The Morgan fingerprint density at radius 1 is 1.38 bits per heavy atom. The van der Waals surface area contributed by atoms with Gasteiger partial charge in [0.2, 0.25) is 5.92 Å². The molecule has 122 valence electrons. The van der Waals surface area contributed by atoms with E-state index in [1.165, 1.54) is 0 Å². The van der Waals surface area contributed by atoms with Crippen molar-refractivity contribution in [3.05, 3.63) is 0 Å². The number of amides is 1. The summed E-state index contributed by atoms with van der Waals surface area (Å²) >= 11 is 0. The topological polar surface area (TPSA) is 64.6 Å². The number of carbonyl (C=O) groups is 2. The summed E-state index contributed by atoms with van der Waals surface area (Å²) in [5.74, 6) is -4.15. The predicted octanol–water partition coefficient (Wildman–Crippen LogP) is 2.88. The summed E-state index contributed by atoms with van der Waals surface area (Å²) in [4.78, 5) is 23.7. The van der Waals surface area contributed by atoms with Crippen molar-refractivity contribution >= 4 is 12.1 Å². The Balaban J connectivity index is 2.74. The van der Waals surface area contributed by atoms with Crippen molar-refractivity contribution in [1.82, 2.24) is 5.32 Å². The maximum Gasteiger partial charge on any atom is 0.408 e. The van der Waals surface area contributed by atoms with Gasteiger partial charge in [0.15, 0.2) is 0 Å². The molecule has 5 nitrogen and oxygen atoms in total. The lowest BCUT2D eigenvalue weighted by molar-refractivity contribution is -0.147. The van der Waals surface area contributed by atoms with Crippen molar-refractivity contribution in [3.63, 3.8) is 0 Å². The minimum atomic E-state index is -2.80. The van der Waals surface area contributed by atoms with Crippen LogP contribution >= 0.6 is 0 Å². The second kappa shape index (κ2) is 6.58. The Bertz CT molecular complexity index is 393. The average molecular weight is 307 g/mol. The van der Waals surface area contributed by atoms with E-state index >= 15 is 0 Å². The number of halogens is 2. The Hall–Kier alpha value is -1.40. The van der Waals surface area contributed by atoms with Gasteiger partial charge in [0, 0.05) is 12.8 Å². The van der Waals surface area contributed by atoms with Gasteiger partial charge >= 0.3 is 12.1 Å². The highest BCUT2D eigenvalue weighted by Gasteiger charge is 2.45. The lowest BCUT2D eigenvalue weighted by Crippen LogP contribution is -2.48. The summed E-state index contributed by atoms with van der Waals surface area (Å²) in [6, 6.07) is -1.10. The smallest absolute Gasteiger partial charge is 0.408 e. The van der Waals surface area contributed by atoms with E-state index in [1.807, 2.05) is 0 Å². The highest BCUT2D eigenvalue weighted by atomic mass is 19.3. The monoisotopic (exact) mass is 307 g/mol. The van der Waals surface area contributed by atoms with Crippen LogP contribution in [0.3, 0.4) is 0 Å². The first-order valence-corrected chi connectivity index (χ1v) is 7.08. The second-order valence-electron chi connectivity index (χ2n) is 6.23. The zero-order valence-corrected chi connectivity index (χ0v) is 12.9. The molecule has 0 heterocycles. The lowest BCUT2D eigenvalue weighted by atomic mass is 9.98. The van der Waals surface area contributed by atoms with Crippen LogP contribution in [-0.2, 0) is 14.3 Å². The number of ether oxygens (including phenoxy) is 2. The van der Waals surface area contributed by atoms with Crippen LogP contribution < -0.4 is 5.32 Å². The van der Waals surface area contributed by atoms with Crippen molar-refractivity contribution < 1.29 is 27.8 Å². The quantitative estimate of drug-likeness (QED) is 0.811. The van der Waals surface area contributed by atoms with E-state index < -0.39 is 42.0 Å². The number of hydrogen-bond donors (Lipinski definition) is 1.